The molecule has 0 fully saturated rings. The van der Waals surface area contributed by atoms with Crippen LogP contribution in [-0.2, 0) is 16.4 Å². The zero-order valence-corrected chi connectivity index (χ0v) is 18.3. The molecule has 2 aromatic carbocycles. The summed E-state index contributed by atoms with van der Waals surface area (Å²) < 4.78 is 25.3. The van der Waals surface area contributed by atoms with Crippen LogP contribution in [-0.4, -0.2) is 28.6 Å². The number of rotatable bonds is 8. The molecular weight excluding hydrogens is 442 g/mol. The summed E-state index contributed by atoms with van der Waals surface area (Å²) in [6, 6.07) is 12.7. The average Bonchev–Trinajstić information content (AvgIpc) is 2.74. The van der Waals surface area contributed by atoms with Crippen LogP contribution in [0.25, 0.3) is 0 Å². The molecule has 0 aliphatic rings. The smallest absolute Gasteiger partial charge is 0.269 e. The van der Waals surface area contributed by atoms with Gasteiger partial charge in [-0.1, -0.05) is 35.9 Å². The first-order chi connectivity index (χ1) is 14.7. The lowest BCUT2D eigenvalue weighted by atomic mass is 10.2. The molecule has 0 unspecified atom stereocenters. The first-order valence-electron chi connectivity index (χ1n) is 9.28. The van der Waals surface area contributed by atoms with Gasteiger partial charge in [-0.15, -0.1) is 0 Å². The summed E-state index contributed by atoms with van der Waals surface area (Å²) in [5, 5.41) is 16.5. The fourth-order valence-electron chi connectivity index (χ4n) is 2.70. The van der Waals surface area contributed by atoms with Crippen molar-refractivity contribution in [2.45, 2.75) is 30.5 Å². The highest BCUT2D eigenvalue weighted by molar-refractivity contribution is 7.92. The highest BCUT2D eigenvalue weighted by atomic mass is 35.5. The van der Waals surface area contributed by atoms with Crippen molar-refractivity contribution in [3.05, 3.63) is 75.4 Å². The second-order valence-corrected chi connectivity index (χ2v) is 9.77. The predicted octanol–water partition coefficient (Wildman–Crippen LogP) is 4.58. The Morgan fingerprint density at radius 3 is 2.61 bits per heavy atom. The van der Waals surface area contributed by atoms with Crippen LogP contribution in [0.4, 0.5) is 23.1 Å². The van der Waals surface area contributed by atoms with E-state index in [0.29, 0.717) is 11.3 Å². The fraction of sp³-hybridized carbons (Fsp3) is 0.200. The minimum atomic E-state index is -3.53. The number of hydrogen-bond donors (Lipinski definition) is 2. The van der Waals surface area contributed by atoms with Gasteiger partial charge in [0.2, 0.25) is 5.95 Å². The third kappa shape index (κ3) is 5.28. The molecule has 3 aromatic rings. The summed E-state index contributed by atoms with van der Waals surface area (Å²) in [5.74, 6) is 0.451. The standard InChI is InChI=1S/C20H20ClN5O4S/c1-13(2)31(29,30)18-9-4-3-8-17(18)24-19-16(21)12-23-20(25-19)22-11-14-6-5-7-15(10-14)26(27)28/h3-10,12-13H,11H2,1-2H3,(H2,22,23,24,25). The summed E-state index contributed by atoms with van der Waals surface area (Å²) >= 11 is 6.21. The lowest BCUT2D eigenvalue weighted by Gasteiger charge is -2.15. The number of benzene rings is 2. The quantitative estimate of drug-likeness (QED) is 0.368. The normalized spacial score (nSPS) is 11.4. The molecule has 0 aliphatic carbocycles. The van der Waals surface area contributed by atoms with E-state index in [-0.39, 0.29) is 33.9 Å². The van der Waals surface area contributed by atoms with Crippen molar-refractivity contribution in [2.75, 3.05) is 10.6 Å². The van der Waals surface area contributed by atoms with E-state index in [1.807, 2.05) is 0 Å². The van der Waals surface area contributed by atoms with Crippen LogP contribution in [0.2, 0.25) is 5.02 Å². The van der Waals surface area contributed by atoms with Crippen LogP contribution in [0.1, 0.15) is 19.4 Å². The molecule has 162 valence electrons. The first-order valence-corrected chi connectivity index (χ1v) is 11.2. The largest absolute Gasteiger partial charge is 0.350 e. The Morgan fingerprint density at radius 1 is 1.16 bits per heavy atom. The molecule has 0 saturated heterocycles. The molecule has 0 amide bonds. The van der Waals surface area contributed by atoms with Gasteiger partial charge < -0.3 is 10.6 Å². The average molecular weight is 462 g/mol. The van der Waals surface area contributed by atoms with E-state index in [4.69, 9.17) is 11.6 Å². The lowest BCUT2D eigenvalue weighted by molar-refractivity contribution is -0.384. The molecule has 0 saturated carbocycles. The van der Waals surface area contributed by atoms with Crippen LogP contribution in [0.5, 0.6) is 0 Å². The number of hydrogen-bond acceptors (Lipinski definition) is 8. The Labute approximate surface area is 184 Å². The molecule has 9 nitrogen and oxygen atoms in total. The lowest BCUT2D eigenvalue weighted by Crippen LogP contribution is -2.15. The number of halogens is 1. The summed E-state index contributed by atoms with van der Waals surface area (Å²) in [5.41, 5.74) is 1.01. The minimum absolute atomic E-state index is 0.0124. The van der Waals surface area contributed by atoms with Crippen molar-refractivity contribution in [1.82, 2.24) is 9.97 Å². The molecule has 31 heavy (non-hydrogen) atoms. The highest BCUT2D eigenvalue weighted by Crippen LogP contribution is 2.30. The van der Waals surface area contributed by atoms with Crippen molar-refractivity contribution in [1.29, 1.82) is 0 Å². The number of nitrogens with one attached hydrogen (secondary N) is 2. The molecule has 1 aromatic heterocycles. The number of nitrogens with zero attached hydrogens (tertiary/aromatic N) is 3. The molecule has 0 radical (unpaired) electrons. The summed E-state index contributed by atoms with van der Waals surface area (Å²) in [6.07, 6.45) is 1.38. The fourth-order valence-corrected chi connectivity index (χ4v) is 4.04. The van der Waals surface area contributed by atoms with Gasteiger partial charge in [0, 0.05) is 18.7 Å². The van der Waals surface area contributed by atoms with Crippen LogP contribution in [0.15, 0.2) is 59.6 Å². The Kier molecular flexibility index (Phi) is 6.71. The van der Waals surface area contributed by atoms with Gasteiger partial charge in [-0.05, 0) is 31.5 Å². The number of nitro benzene ring substituents is 1. The van der Waals surface area contributed by atoms with Crippen LogP contribution < -0.4 is 10.6 Å². The molecular formula is C20H20ClN5O4S. The number of non-ortho nitro benzene ring substituents is 1. The van der Waals surface area contributed by atoms with Crippen molar-refractivity contribution >= 4 is 44.6 Å². The molecule has 3 rings (SSSR count). The maximum absolute atomic E-state index is 12.7. The third-order valence-electron chi connectivity index (χ3n) is 4.38. The second kappa shape index (κ2) is 9.27. The Bertz CT molecular complexity index is 1220. The Morgan fingerprint density at radius 2 is 1.90 bits per heavy atom. The van der Waals surface area contributed by atoms with E-state index in [0.717, 1.165) is 0 Å². The zero-order chi connectivity index (χ0) is 22.6. The van der Waals surface area contributed by atoms with Gasteiger partial charge in [0.15, 0.2) is 15.7 Å². The number of para-hydroxylation sites is 1. The Balaban J connectivity index is 1.83. The maximum Gasteiger partial charge on any atom is 0.269 e. The summed E-state index contributed by atoms with van der Waals surface area (Å²) in [6.45, 7) is 3.47. The summed E-state index contributed by atoms with van der Waals surface area (Å²) in [7, 11) is -3.53. The zero-order valence-electron chi connectivity index (χ0n) is 16.7. The molecule has 1 heterocycles. The topological polar surface area (TPSA) is 127 Å². The van der Waals surface area contributed by atoms with Crippen molar-refractivity contribution in [3.8, 4) is 0 Å². The van der Waals surface area contributed by atoms with Gasteiger partial charge in [0.1, 0.15) is 5.02 Å². The second-order valence-electron chi connectivity index (χ2n) is 6.89. The van der Waals surface area contributed by atoms with E-state index < -0.39 is 20.0 Å². The van der Waals surface area contributed by atoms with E-state index in [1.165, 1.54) is 24.4 Å². The molecule has 0 aliphatic heterocycles. The summed E-state index contributed by atoms with van der Waals surface area (Å²) in [4.78, 5) is 19.0. The number of anilines is 3. The van der Waals surface area contributed by atoms with Crippen LogP contribution in [0, 0.1) is 10.1 Å². The van der Waals surface area contributed by atoms with E-state index in [2.05, 4.69) is 20.6 Å². The van der Waals surface area contributed by atoms with Crippen molar-refractivity contribution < 1.29 is 13.3 Å². The monoisotopic (exact) mass is 461 g/mol. The van der Waals surface area contributed by atoms with Gasteiger partial charge in [-0.25, -0.2) is 13.4 Å². The minimum Gasteiger partial charge on any atom is -0.350 e. The Hall–Kier alpha value is -3.24. The van der Waals surface area contributed by atoms with Gasteiger partial charge in [0.25, 0.3) is 5.69 Å². The van der Waals surface area contributed by atoms with Crippen LogP contribution >= 0.6 is 11.6 Å². The van der Waals surface area contributed by atoms with Gasteiger partial charge in [-0.3, -0.25) is 10.1 Å². The predicted molar refractivity (Wildman–Crippen MR) is 120 cm³/mol. The molecule has 2 N–H and O–H groups in total. The number of sulfone groups is 1. The third-order valence-corrected chi connectivity index (χ3v) is 6.87. The van der Waals surface area contributed by atoms with Gasteiger partial charge in [0.05, 0.1) is 27.0 Å². The highest BCUT2D eigenvalue weighted by Gasteiger charge is 2.23. The van der Waals surface area contributed by atoms with Gasteiger partial charge in [-0.2, -0.15) is 4.98 Å². The number of nitro groups is 1. The molecule has 0 spiro atoms. The maximum atomic E-state index is 12.7. The van der Waals surface area contributed by atoms with E-state index >= 15 is 0 Å². The molecule has 11 heteroatoms. The van der Waals surface area contributed by atoms with Crippen molar-refractivity contribution in [3.63, 3.8) is 0 Å². The first kappa shape index (κ1) is 22.4. The molecule has 0 bridgehead atoms. The van der Waals surface area contributed by atoms with E-state index in [9.17, 15) is 18.5 Å². The molecule has 0 atom stereocenters. The van der Waals surface area contributed by atoms with E-state index in [1.54, 1.807) is 44.2 Å². The number of aromatic nitrogens is 2. The van der Waals surface area contributed by atoms with Crippen LogP contribution in [0.3, 0.4) is 0 Å². The van der Waals surface area contributed by atoms with Gasteiger partial charge >= 0.3 is 0 Å². The SMILES string of the molecule is CC(C)S(=O)(=O)c1ccccc1Nc1nc(NCc2cccc([N+](=O)[O-])c2)ncc1Cl. The van der Waals surface area contributed by atoms with Crippen molar-refractivity contribution in [2.24, 2.45) is 0 Å².